The molecule has 1 amide bonds. The molecule has 2 heterocycles. The highest BCUT2D eigenvalue weighted by molar-refractivity contribution is 6.00. The lowest BCUT2D eigenvalue weighted by molar-refractivity contribution is 0.0523. The van der Waals surface area contributed by atoms with Crippen molar-refractivity contribution in [3.05, 3.63) is 35.3 Å². The van der Waals surface area contributed by atoms with Crippen LogP contribution in [0, 0.1) is 0 Å². The molecule has 1 N–H and O–H groups in total. The van der Waals surface area contributed by atoms with Crippen LogP contribution in [-0.4, -0.2) is 26.9 Å². The molecule has 0 saturated heterocycles. The summed E-state index contributed by atoms with van der Waals surface area (Å²) in [6.07, 6.45) is 3.30. The molecular formula is C18H25N3O3. The lowest BCUT2D eigenvalue weighted by Gasteiger charge is -2.19. The number of alkyl carbamates (subject to hydrolysis) is 1. The number of hydrogen-bond acceptors (Lipinski definition) is 4. The molecule has 0 unspecified atom stereocenters. The fourth-order valence-electron chi connectivity index (χ4n) is 2.31. The average Bonchev–Trinajstić information content (AvgIpc) is 2.84. The van der Waals surface area contributed by atoms with Gasteiger partial charge in [0.2, 0.25) is 0 Å². The standard InChI is InChI=1S/C18H25N3O3/c1-11(2)13-7-15(12(3)22)16-20-14(10-21(16)9-13)8-19-17(23)24-18(4,5)6/h7,9-11H,8H2,1-6H3,(H,19,23). The van der Waals surface area contributed by atoms with E-state index in [0.29, 0.717) is 22.8 Å². The Kier molecular flexibility index (Phi) is 4.96. The normalized spacial score (nSPS) is 11.8. The van der Waals surface area contributed by atoms with Crippen LogP contribution in [0.5, 0.6) is 0 Å². The molecule has 6 heteroatoms. The van der Waals surface area contributed by atoms with Crippen molar-refractivity contribution < 1.29 is 14.3 Å². The SMILES string of the molecule is CC(=O)c1cc(C(C)C)cn2cc(CNC(=O)OC(C)(C)C)nc12. The lowest BCUT2D eigenvalue weighted by Crippen LogP contribution is -2.32. The van der Waals surface area contributed by atoms with Crippen molar-refractivity contribution in [3.8, 4) is 0 Å². The summed E-state index contributed by atoms with van der Waals surface area (Å²) in [5.74, 6) is 0.276. The number of ketones is 1. The van der Waals surface area contributed by atoms with Crippen LogP contribution in [0.4, 0.5) is 4.79 Å². The Morgan fingerprint density at radius 3 is 2.50 bits per heavy atom. The average molecular weight is 331 g/mol. The number of Topliss-reactive ketones (excluding diaryl/α,β-unsaturated/α-hetero) is 1. The number of aromatic nitrogens is 2. The maximum Gasteiger partial charge on any atom is 0.407 e. The number of hydrogen-bond donors (Lipinski definition) is 1. The van der Waals surface area contributed by atoms with Crippen molar-refractivity contribution in [2.45, 2.75) is 59.6 Å². The molecular weight excluding hydrogens is 306 g/mol. The van der Waals surface area contributed by atoms with E-state index < -0.39 is 11.7 Å². The van der Waals surface area contributed by atoms with E-state index in [1.54, 1.807) is 0 Å². The smallest absolute Gasteiger partial charge is 0.407 e. The van der Waals surface area contributed by atoms with Crippen LogP contribution in [0.1, 0.15) is 69.1 Å². The minimum Gasteiger partial charge on any atom is -0.444 e. The van der Waals surface area contributed by atoms with E-state index in [-0.39, 0.29) is 12.3 Å². The summed E-state index contributed by atoms with van der Waals surface area (Å²) in [5, 5.41) is 2.68. The summed E-state index contributed by atoms with van der Waals surface area (Å²) in [7, 11) is 0. The number of ether oxygens (including phenoxy) is 1. The van der Waals surface area contributed by atoms with E-state index in [4.69, 9.17) is 4.74 Å². The number of rotatable bonds is 4. The van der Waals surface area contributed by atoms with Crippen molar-refractivity contribution in [2.75, 3.05) is 0 Å². The molecule has 0 aliphatic carbocycles. The molecule has 2 aromatic heterocycles. The summed E-state index contributed by atoms with van der Waals surface area (Å²) < 4.78 is 7.05. The number of carbonyl (C=O) groups is 2. The van der Waals surface area contributed by atoms with Crippen LogP contribution in [0.2, 0.25) is 0 Å². The van der Waals surface area contributed by atoms with Crippen molar-refractivity contribution in [2.24, 2.45) is 0 Å². The third kappa shape index (κ3) is 4.34. The molecule has 130 valence electrons. The Hall–Kier alpha value is -2.37. The van der Waals surface area contributed by atoms with Gasteiger partial charge in [-0.25, -0.2) is 9.78 Å². The second-order valence-electron chi connectivity index (χ2n) is 7.22. The van der Waals surface area contributed by atoms with Crippen LogP contribution in [0.15, 0.2) is 18.5 Å². The van der Waals surface area contributed by atoms with Gasteiger partial charge in [0, 0.05) is 12.4 Å². The Morgan fingerprint density at radius 2 is 1.96 bits per heavy atom. The third-order valence-corrected chi connectivity index (χ3v) is 3.48. The summed E-state index contributed by atoms with van der Waals surface area (Å²) in [5.41, 5.74) is 2.38. The number of pyridine rings is 1. The highest BCUT2D eigenvalue weighted by atomic mass is 16.6. The number of imidazole rings is 1. The lowest BCUT2D eigenvalue weighted by atomic mass is 10.0. The first-order valence-electron chi connectivity index (χ1n) is 8.06. The molecule has 0 radical (unpaired) electrons. The maximum absolute atomic E-state index is 11.9. The van der Waals surface area contributed by atoms with Gasteiger partial charge in [-0.1, -0.05) is 13.8 Å². The van der Waals surface area contributed by atoms with Crippen LogP contribution < -0.4 is 5.32 Å². The van der Waals surface area contributed by atoms with Gasteiger partial charge in [0.05, 0.1) is 17.8 Å². The molecule has 0 spiro atoms. The van der Waals surface area contributed by atoms with Crippen molar-refractivity contribution in [3.63, 3.8) is 0 Å². The first-order chi connectivity index (χ1) is 11.1. The quantitative estimate of drug-likeness (QED) is 0.867. The largest absolute Gasteiger partial charge is 0.444 e. The molecule has 2 aromatic rings. The molecule has 0 aromatic carbocycles. The molecule has 0 aliphatic heterocycles. The van der Waals surface area contributed by atoms with Crippen molar-refractivity contribution in [1.29, 1.82) is 0 Å². The molecule has 0 fully saturated rings. The van der Waals surface area contributed by atoms with Gasteiger partial charge in [-0.3, -0.25) is 4.79 Å². The monoisotopic (exact) mass is 331 g/mol. The Bertz CT molecular complexity index is 770. The second kappa shape index (κ2) is 6.63. The molecule has 0 atom stereocenters. The van der Waals surface area contributed by atoms with Gasteiger partial charge in [0.1, 0.15) is 11.2 Å². The van der Waals surface area contributed by atoms with Crippen molar-refractivity contribution in [1.82, 2.24) is 14.7 Å². The van der Waals surface area contributed by atoms with E-state index in [2.05, 4.69) is 24.1 Å². The van der Waals surface area contributed by atoms with Gasteiger partial charge >= 0.3 is 6.09 Å². The zero-order chi connectivity index (χ0) is 18.1. The Labute approximate surface area is 142 Å². The van der Waals surface area contributed by atoms with E-state index in [9.17, 15) is 9.59 Å². The second-order valence-corrected chi connectivity index (χ2v) is 7.22. The fraction of sp³-hybridized carbons (Fsp3) is 0.500. The van der Waals surface area contributed by atoms with E-state index in [0.717, 1.165) is 5.56 Å². The molecule has 6 nitrogen and oxygen atoms in total. The predicted molar refractivity (Wildman–Crippen MR) is 92.4 cm³/mol. The van der Waals surface area contributed by atoms with Gasteiger partial charge in [-0.15, -0.1) is 0 Å². The first kappa shape index (κ1) is 18.0. The summed E-state index contributed by atoms with van der Waals surface area (Å²) in [6.45, 7) is 11.4. The van der Waals surface area contributed by atoms with Gasteiger partial charge in [-0.2, -0.15) is 0 Å². The van der Waals surface area contributed by atoms with Crippen LogP contribution in [-0.2, 0) is 11.3 Å². The summed E-state index contributed by atoms with van der Waals surface area (Å²) in [4.78, 5) is 28.1. The van der Waals surface area contributed by atoms with Gasteiger partial charge in [-0.05, 0) is 45.2 Å². The molecule has 24 heavy (non-hydrogen) atoms. The molecule has 2 rings (SSSR count). The number of nitrogens with one attached hydrogen (secondary N) is 1. The zero-order valence-electron chi connectivity index (χ0n) is 15.1. The topological polar surface area (TPSA) is 72.7 Å². The van der Waals surface area contributed by atoms with E-state index >= 15 is 0 Å². The number of carbonyl (C=O) groups excluding carboxylic acids is 2. The van der Waals surface area contributed by atoms with Crippen LogP contribution in [0.25, 0.3) is 5.65 Å². The van der Waals surface area contributed by atoms with Gasteiger partial charge < -0.3 is 14.5 Å². The van der Waals surface area contributed by atoms with E-state index in [1.165, 1.54) is 6.92 Å². The summed E-state index contributed by atoms with van der Waals surface area (Å²) >= 11 is 0. The third-order valence-electron chi connectivity index (χ3n) is 3.48. The first-order valence-corrected chi connectivity index (χ1v) is 8.06. The number of amides is 1. The van der Waals surface area contributed by atoms with Crippen LogP contribution in [0.3, 0.4) is 0 Å². The Morgan fingerprint density at radius 1 is 1.29 bits per heavy atom. The molecule has 0 saturated carbocycles. The molecule has 0 aliphatic rings. The predicted octanol–water partition coefficient (Wildman–Crippen LogP) is 3.69. The molecule has 0 bridgehead atoms. The highest BCUT2D eigenvalue weighted by Gasteiger charge is 2.17. The zero-order valence-corrected chi connectivity index (χ0v) is 15.1. The highest BCUT2D eigenvalue weighted by Crippen LogP contribution is 2.20. The van der Waals surface area contributed by atoms with Crippen LogP contribution >= 0.6 is 0 Å². The van der Waals surface area contributed by atoms with Gasteiger partial charge in [0.25, 0.3) is 0 Å². The van der Waals surface area contributed by atoms with Gasteiger partial charge in [0.15, 0.2) is 5.78 Å². The van der Waals surface area contributed by atoms with E-state index in [1.807, 2.05) is 43.6 Å². The Balaban J connectivity index is 2.26. The summed E-state index contributed by atoms with van der Waals surface area (Å²) in [6, 6.07) is 1.89. The minimum absolute atomic E-state index is 0.0280. The fourth-order valence-corrected chi connectivity index (χ4v) is 2.31. The number of nitrogens with zero attached hydrogens (tertiary/aromatic N) is 2. The maximum atomic E-state index is 11.9. The number of fused-ring (bicyclic) bond motifs is 1. The minimum atomic E-state index is -0.545. The van der Waals surface area contributed by atoms with Crippen molar-refractivity contribution >= 4 is 17.5 Å².